The highest BCUT2D eigenvalue weighted by Gasteiger charge is 2.29. The lowest BCUT2D eigenvalue weighted by Crippen LogP contribution is -2.20. The van der Waals surface area contributed by atoms with E-state index < -0.39 is 11.7 Å². The van der Waals surface area contributed by atoms with E-state index in [2.05, 4.69) is 10.6 Å². The van der Waals surface area contributed by atoms with E-state index >= 15 is 0 Å². The minimum Gasteiger partial charge on any atom is -0.348 e. The SMILES string of the molecule is CC(=O)Nc1ccc(/C=C/C(=O)NCc2ccc(C(F)(F)F)cc2)cc1. The van der Waals surface area contributed by atoms with Gasteiger partial charge in [-0.1, -0.05) is 24.3 Å². The first-order valence-electron chi connectivity index (χ1n) is 7.74. The number of hydrogen-bond acceptors (Lipinski definition) is 2. The fourth-order valence-electron chi connectivity index (χ4n) is 2.11. The summed E-state index contributed by atoms with van der Waals surface area (Å²) in [5.74, 6) is -0.535. The summed E-state index contributed by atoms with van der Waals surface area (Å²) in [6.45, 7) is 1.54. The molecule has 2 N–H and O–H groups in total. The standard InChI is InChI=1S/C19H17F3N2O2/c1-13(25)24-17-9-4-14(5-10-17)6-11-18(26)23-12-15-2-7-16(8-3-15)19(20,21)22/h2-11H,12H2,1H3,(H,23,26)(H,24,25)/b11-6+. The summed E-state index contributed by atoms with van der Waals surface area (Å²) in [7, 11) is 0. The van der Waals surface area contributed by atoms with Crippen molar-refractivity contribution in [2.24, 2.45) is 0 Å². The van der Waals surface area contributed by atoms with Gasteiger partial charge < -0.3 is 10.6 Å². The molecule has 2 aromatic carbocycles. The van der Waals surface area contributed by atoms with E-state index in [0.717, 1.165) is 17.7 Å². The maximum absolute atomic E-state index is 12.5. The van der Waals surface area contributed by atoms with Gasteiger partial charge >= 0.3 is 6.18 Å². The van der Waals surface area contributed by atoms with Crippen LogP contribution in [0.3, 0.4) is 0 Å². The van der Waals surface area contributed by atoms with Crippen LogP contribution in [-0.4, -0.2) is 11.8 Å². The summed E-state index contributed by atoms with van der Waals surface area (Å²) in [6, 6.07) is 11.5. The monoisotopic (exact) mass is 362 g/mol. The fourth-order valence-corrected chi connectivity index (χ4v) is 2.11. The lowest BCUT2D eigenvalue weighted by Gasteiger charge is -2.08. The minimum absolute atomic E-state index is 0.128. The Bertz CT molecular complexity index is 795. The summed E-state index contributed by atoms with van der Waals surface area (Å²) in [6.07, 6.45) is -1.45. The quantitative estimate of drug-likeness (QED) is 0.790. The normalized spacial score (nSPS) is 11.4. The van der Waals surface area contributed by atoms with Crippen LogP contribution >= 0.6 is 0 Å². The summed E-state index contributed by atoms with van der Waals surface area (Å²) < 4.78 is 37.4. The number of alkyl halides is 3. The van der Waals surface area contributed by atoms with Crippen LogP contribution in [-0.2, 0) is 22.3 Å². The van der Waals surface area contributed by atoms with Gasteiger partial charge in [0, 0.05) is 25.2 Å². The molecule has 0 radical (unpaired) electrons. The van der Waals surface area contributed by atoms with Gasteiger partial charge in [0.05, 0.1) is 5.56 Å². The van der Waals surface area contributed by atoms with Gasteiger partial charge in [0.15, 0.2) is 0 Å². The predicted molar refractivity (Wildman–Crippen MR) is 93.1 cm³/mol. The highest BCUT2D eigenvalue weighted by atomic mass is 19.4. The zero-order chi connectivity index (χ0) is 19.2. The second-order valence-electron chi connectivity index (χ2n) is 5.55. The molecule has 2 aromatic rings. The zero-order valence-corrected chi connectivity index (χ0v) is 13.9. The van der Waals surface area contributed by atoms with Crippen LogP contribution in [0.25, 0.3) is 6.08 Å². The number of carbonyl (C=O) groups excluding carboxylic acids is 2. The Kier molecular flexibility index (Phi) is 6.16. The fraction of sp³-hybridized carbons (Fsp3) is 0.158. The Morgan fingerprint density at radius 3 is 2.15 bits per heavy atom. The molecule has 0 atom stereocenters. The number of anilines is 1. The van der Waals surface area contributed by atoms with Gasteiger partial charge in [-0.2, -0.15) is 13.2 Å². The zero-order valence-electron chi connectivity index (χ0n) is 13.9. The molecular formula is C19H17F3N2O2. The van der Waals surface area contributed by atoms with E-state index in [1.807, 2.05) is 0 Å². The average molecular weight is 362 g/mol. The average Bonchev–Trinajstić information content (AvgIpc) is 2.58. The number of carbonyl (C=O) groups is 2. The molecule has 2 rings (SSSR count). The molecule has 0 spiro atoms. The van der Waals surface area contributed by atoms with Crippen LogP contribution in [0.1, 0.15) is 23.6 Å². The van der Waals surface area contributed by atoms with Crippen molar-refractivity contribution >= 4 is 23.6 Å². The first kappa shape index (κ1) is 19.2. The van der Waals surface area contributed by atoms with Crippen molar-refractivity contribution in [1.29, 1.82) is 0 Å². The van der Waals surface area contributed by atoms with Crippen molar-refractivity contribution in [3.8, 4) is 0 Å². The van der Waals surface area contributed by atoms with E-state index in [1.54, 1.807) is 30.3 Å². The largest absolute Gasteiger partial charge is 0.416 e. The smallest absolute Gasteiger partial charge is 0.348 e. The van der Waals surface area contributed by atoms with Gasteiger partial charge in [-0.05, 0) is 41.5 Å². The van der Waals surface area contributed by atoms with E-state index in [4.69, 9.17) is 0 Å². The van der Waals surface area contributed by atoms with E-state index in [9.17, 15) is 22.8 Å². The topological polar surface area (TPSA) is 58.2 Å². The molecule has 0 heterocycles. The Hall–Kier alpha value is -3.09. The third kappa shape index (κ3) is 6.08. The second-order valence-corrected chi connectivity index (χ2v) is 5.55. The van der Waals surface area contributed by atoms with Gasteiger partial charge in [0.25, 0.3) is 0 Å². The Morgan fingerprint density at radius 1 is 1.00 bits per heavy atom. The maximum Gasteiger partial charge on any atom is 0.416 e. The van der Waals surface area contributed by atoms with E-state index in [1.165, 1.54) is 25.1 Å². The van der Waals surface area contributed by atoms with Gasteiger partial charge in [-0.15, -0.1) is 0 Å². The molecule has 0 aliphatic heterocycles. The molecule has 2 amide bonds. The number of halogens is 3. The predicted octanol–water partition coefficient (Wildman–Crippen LogP) is 3.99. The van der Waals surface area contributed by atoms with Gasteiger partial charge in [-0.25, -0.2) is 0 Å². The molecule has 7 heteroatoms. The highest BCUT2D eigenvalue weighted by molar-refractivity contribution is 5.92. The number of nitrogens with one attached hydrogen (secondary N) is 2. The first-order chi connectivity index (χ1) is 12.2. The lowest BCUT2D eigenvalue weighted by molar-refractivity contribution is -0.137. The Labute approximate surface area is 148 Å². The summed E-state index contributed by atoms with van der Waals surface area (Å²) in [5, 5.41) is 5.24. The van der Waals surface area contributed by atoms with Crippen LogP contribution in [0.5, 0.6) is 0 Å². The first-order valence-corrected chi connectivity index (χ1v) is 7.74. The van der Waals surface area contributed by atoms with Crippen molar-refractivity contribution in [3.05, 3.63) is 71.3 Å². The van der Waals surface area contributed by atoms with Gasteiger partial charge in [0.2, 0.25) is 11.8 Å². The van der Waals surface area contributed by atoms with E-state index in [-0.39, 0.29) is 18.4 Å². The van der Waals surface area contributed by atoms with Crippen LogP contribution in [0.15, 0.2) is 54.6 Å². The van der Waals surface area contributed by atoms with Crippen molar-refractivity contribution < 1.29 is 22.8 Å². The molecule has 0 saturated heterocycles. The summed E-state index contributed by atoms with van der Waals surface area (Å²) in [5.41, 5.74) is 1.26. The van der Waals surface area contributed by atoms with Crippen LogP contribution < -0.4 is 10.6 Å². The van der Waals surface area contributed by atoms with Crippen molar-refractivity contribution in [1.82, 2.24) is 5.32 Å². The molecule has 0 aromatic heterocycles. The molecule has 4 nitrogen and oxygen atoms in total. The van der Waals surface area contributed by atoms with Gasteiger partial charge in [0.1, 0.15) is 0 Å². The molecule has 0 fully saturated rings. The lowest BCUT2D eigenvalue weighted by atomic mass is 10.1. The number of rotatable bonds is 5. The van der Waals surface area contributed by atoms with Crippen LogP contribution in [0.4, 0.5) is 18.9 Å². The molecular weight excluding hydrogens is 345 g/mol. The molecule has 136 valence electrons. The summed E-state index contributed by atoms with van der Waals surface area (Å²) in [4.78, 5) is 22.7. The second kappa shape index (κ2) is 8.33. The van der Waals surface area contributed by atoms with E-state index in [0.29, 0.717) is 11.3 Å². The Morgan fingerprint density at radius 2 is 1.62 bits per heavy atom. The number of hydrogen-bond donors (Lipinski definition) is 2. The molecule has 0 bridgehead atoms. The molecule has 0 saturated carbocycles. The van der Waals surface area contributed by atoms with Gasteiger partial charge in [-0.3, -0.25) is 9.59 Å². The molecule has 26 heavy (non-hydrogen) atoms. The third-order valence-electron chi connectivity index (χ3n) is 3.41. The Balaban J connectivity index is 1.86. The third-order valence-corrected chi connectivity index (χ3v) is 3.41. The van der Waals surface area contributed by atoms with Crippen molar-refractivity contribution in [2.45, 2.75) is 19.6 Å². The number of amides is 2. The molecule has 0 aliphatic carbocycles. The maximum atomic E-state index is 12.5. The highest BCUT2D eigenvalue weighted by Crippen LogP contribution is 2.29. The summed E-state index contributed by atoms with van der Waals surface area (Å²) >= 11 is 0. The van der Waals surface area contributed by atoms with Crippen molar-refractivity contribution in [2.75, 3.05) is 5.32 Å². The minimum atomic E-state index is -4.37. The molecule has 0 unspecified atom stereocenters. The van der Waals surface area contributed by atoms with Crippen LogP contribution in [0, 0.1) is 0 Å². The number of benzene rings is 2. The van der Waals surface area contributed by atoms with Crippen LogP contribution in [0.2, 0.25) is 0 Å². The molecule has 0 aliphatic rings. The van der Waals surface area contributed by atoms with Crippen molar-refractivity contribution in [3.63, 3.8) is 0 Å².